The number of anilines is 1. The summed E-state index contributed by atoms with van der Waals surface area (Å²) in [7, 11) is 4.11. The fourth-order valence-corrected chi connectivity index (χ4v) is 1.79. The van der Waals surface area contributed by atoms with Gasteiger partial charge < -0.3 is 9.80 Å². The Bertz CT molecular complexity index is 420. The van der Waals surface area contributed by atoms with Crippen molar-refractivity contribution in [1.29, 1.82) is 5.26 Å². The molecular weight excluding hydrogens is 224 g/mol. The molecule has 0 spiro atoms. The van der Waals surface area contributed by atoms with E-state index in [1.54, 1.807) is 0 Å². The fraction of sp³-hybridized carbons (Fsp3) is 0.571. The Morgan fingerprint density at radius 1 is 1.22 bits per heavy atom. The number of pyridine rings is 1. The van der Waals surface area contributed by atoms with Crippen LogP contribution in [0.1, 0.15) is 24.6 Å². The number of rotatable bonds is 6. The van der Waals surface area contributed by atoms with E-state index in [9.17, 15) is 5.26 Å². The molecule has 0 aliphatic rings. The molecule has 0 amide bonds. The minimum absolute atomic E-state index is 0.660. The van der Waals surface area contributed by atoms with Crippen molar-refractivity contribution >= 4 is 5.82 Å². The molecule has 0 N–H and O–H groups in total. The molecule has 1 rings (SSSR count). The van der Waals surface area contributed by atoms with Gasteiger partial charge in [-0.2, -0.15) is 5.26 Å². The molecule has 0 aromatic carbocycles. The van der Waals surface area contributed by atoms with Crippen LogP contribution in [-0.2, 0) is 0 Å². The van der Waals surface area contributed by atoms with Gasteiger partial charge >= 0.3 is 0 Å². The van der Waals surface area contributed by atoms with Crippen molar-refractivity contribution in [3.63, 3.8) is 0 Å². The first-order chi connectivity index (χ1) is 8.58. The van der Waals surface area contributed by atoms with Gasteiger partial charge in [0, 0.05) is 25.3 Å². The number of aryl methyl sites for hydroxylation is 1. The fourth-order valence-electron chi connectivity index (χ4n) is 1.79. The van der Waals surface area contributed by atoms with Crippen LogP contribution < -0.4 is 4.90 Å². The molecule has 0 radical (unpaired) electrons. The summed E-state index contributed by atoms with van der Waals surface area (Å²) < 4.78 is 0. The summed E-state index contributed by atoms with van der Waals surface area (Å²) in [5, 5.41) is 9.18. The molecule has 0 saturated heterocycles. The predicted molar refractivity (Wildman–Crippen MR) is 74.7 cm³/mol. The molecule has 1 aromatic heterocycles. The number of hydrogen-bond acceptors (Lipinski definition) is 4. The average Bonchev–Trinajstić information content (AvgIpc) is 2.34. The first-order valence-corrected chi connectivity index (χ1v) is 6.36. The summed E-state index contributed by atoms with van der Waals surface area (Å²) in [5.74, 6) is 0.821. The van der Waals surface area contributed by atoms with Crippen LogP contribution in [0, 0.1) is 18.3 Å². The zero-order valence-corrected chi connectivity index (χ0v) is 11.8. The van der Waals surface area contributed by atoms with Gasteiger partial charge in [0.25, 0.3) is 0 Å². The second-order valence-electron chi connectivity index (χ2n) is 4.73. The standard InChI is InChI=1S/C14H22N4/c1-5-8-18(10-9-17(3)4)14-13(11-15)7-6-12(2)16-14/h6-7H,5,8-10H2,1-4H3. The lowest BCUT2D eigenvalue weighted by atomic mass is 10.2. The highest BCUT2D eigenvalue weighted by atomic mass is 15.2. The maximum atomic E-state index is 9.18. The molecule has 0 aliphatic heterocycles. The molecule has 0 aliphatic carbocycles. The molecule has 0 bridgehead atoms. The van der Waals surface area contributed by atoms with Crippen LogP contribution in [0.2, 0.25) is 0 Å². The highest BCUT2D eigenvalue weighted by molar-refractivity contribution is 5.54. The molecule has 0 fully saturated rings. The molecular formula is C14H22N4. The van der Waals surface area contributed by atoms with E-state index in [0.717, 1.165) is 37.6 Å². The van der Waals surface area contributed by atoms with E-state index in [0.29, 0.717) is 5.56 Å². The van der Waals surface area contributed by atoms with Gasteiger partial charge in [0.2, 0.25) is 0 Å². The van der Waals surface area contributed by atoms with Gasteiger partial charge in [0.15, 0.2) is 0 Å². The molecule has 1 heterocycles. The van der Waals surface area contributed by atoms with E-state index < -0.39 is 0 Å². The number of aromatic nitrogens is 1. The first-order valence-electron chi connectivity index (χ1n) is 6.36. The van der Waals surface area contributed by atoms with Gasteiger partial charge in [-0.15, -0.1) is 0 Å². The van der Waals surface area contributed by atoms with Crippen molar-refractivity contribution in [2.45, 2.75) is 20.3 Å². The SMILES string of the molecule is CCCN(CCN(C)C)c1nc(C)ccc1C#N. The van der Waals surface area contributed by atoms with Crippen molar-refractivity contribution in [2.24, 2.45) is 0 Å². The van der Waals surface area contributed by atoms with Crippen molar-refractivity contribution < 1.29 is 0 Å². The maximum Gasteiger partial charge on any atom is 0.146 e. The smallest absolute Gasteiger partial charge is 0.146 e. The summed E-state index contributed by atoms with van der Waals surface area (Å²) in [6.07, 6.45) is 1.05. The van der Waals surface area contributed by atoms with Crippen LogP contribution in [0.4, 0.5) is 5.82 Å². The van der Waals surface area contributed by atoms with Crippen LogP contribution in [0.5, 0.6) is 0 Å². The van der Waals surface area contributed by atoms with Gasteiger partial charge in [-0.1, -0.05) is 6.92 Å². The number of nitriles is 1. The van der Waals surface area contributed by atoms with E-state index in [1.807, 2.05) is 19.1 Å². The van der Waals surface area contributed by atoms with Crippen LogP contribution in [-0.4, -0.2) is 43.6 Å². The van der Waals surface area contributed by atoms with Gasteiger partial charge in [-0.25, -0.2) is 4.98 Å². The third kappa shape index (κ3) is 4.01. The van der Waals surface area contributed by atoms with Crippen molar-refractivity contribution in [3.05, 3.63) is 23.4 Å². The Labute approximate surface area is 110 Å². The number of likely N-dealkylation sites (N-methyl/N-ethyl adjacent to an activating group) is 1. The van der Waals surface area contributed by atoms with Crippen molar-refractivity contribution in [3.8, 4) is 6.07 Å². The Morgan fingerprint density at radius 3 is 2.50 bits per heavy atom. The third-order valence-electron chi connectivity index (χ3n) is 2.75. The minimum Gasteiger partial charge on any atom is -0.354 e. The van der Waals surface area contributed by atoms with E-state index in [4.69, 9.17) is 0 Å². The maximum absolute atomic E-state index is 9.18. The summed E-state index contributed by atoms with van der Waals surface area (Å²) in [6.45, 7) is 6.89. The Morgan fingerprint density at radius 2 is 1.94 bits per heavy atom. The average molecular weight is 246 g/mol. The molecule has 18 heavy (non-hydrogen) atoms. The van der Waals surface area contributed by atoms with Crippen LogP contribution >= 0.6 is 0 Å². The van der Waals surface area contributed by atoms with Gasteiger partial charge in [-0.05, 0) is 39.6 Å². The lowest BCUT2D eigenvalue weighted by Crippen LogP contribution is -2.33. The molecule has 0 unspecified atom stereocenters. The second-order valence-corrected chi connectivity index (χ2v) is 4.73. The molecule has 0 atom stereocenters. The van der Waals surface area contributed by atoms with Gasteiger partial charge in [-0.3, -0.25) is 0 Å². The van der Waals surface area contributed by atoms with Crippen LogP contribution in [0.3, 0.4) is 0 Å². The largest absolute Gasteiger partial charge is 0.354 e. The van der Waals surface area contributed by atoms with E-state index in [2.05, 4.69) is 41.9 Å². The molecule has 0 saturated carbocycles. The van der Waals surface area contributed by atoms with E-state index in [-0.39, 0.29) is 0 Å². The lowest BCUT2D eigenvalue weighted by molar-refractivity contribution is 0.412. The van der Waals surface area contributed by atoms with E-state index >= 15 is 0 Å². The predicted octanol–water partition coefficient (Wildman–Crippen LogP) is 2.04. The molecule has 1 aromatic rings. The van der Waals surface area contributed by atoms with E-state index in [1.165, 1.54) is 0 Å². The van der Waals surface area contributed by atoms with Crippen LogP contribution in [0.25, 0.3) is 0 Å². The summed E-state index contributed by atoms with van der Waals surface area (Å²) in [4.78, 5) is 8.87. The molecule has 4 heteroatoms. The Kier molecular flexibility index (Phi) is 5.60. The summed E-state index contributed by atoms with van der Waals surface area (Å²) in [5.41, 5.74) is 1.61. The normalized spacial score (nSPS) is 10.4. The monoisotopic (exact) mass is 246 g/mol. The Hall–Kier alpha value is -1.60. The molecule has 4 nitrogen and oxygen atoms in total. The minimum atomic E-state index is 0.660. The Balaban J connectivity index is 2.97. The van der Waals surface area contributed by atoms with Crippen LogP contribution in [0.15, 0.2) is 12.1 Å². The first kappa shape index (κ1) is 14.5. The topological polar surface area (TPSA) is 43.2 Å². The summed E-state index contributed by atoms with van der Waals surface area (Å²) in [6, 6.07) is 5.98. The quantitative estimate of drug-likeness (QED) is 0.770. The zero-order chi connectivity index (χ0) is 13.5. The second kappa shape index (κ2) is 6.97. The number of nitrogens with zero attached hydrogens (tertiary/aromatic N) is 4. The zero-order valence-electron chi connectivity index (χ0n) is 11.8. The van der Waals surface area contributed by atoms with Gasteiger partial charge in [0.05, 0.1) is 5.56 Å². The highest BCUT2D eigenvalue weighted by Crippen LogP contribution is 2.18. The summed E-state index contributed by atoms with van der Waals surface area (Å²) >= 11 is 0. The lowest BCUT2D eigenvalue weighted by Gasteiger charge is -2.25. The molecule has 98 valence electrons. The van der Waals surface area contributed by atoms with Crippen molar-refractivity contribution in [2.75, 3.05) is 38.6 Å². The highest BCUT2D eigenvalue weighted by Gasteiger charge is 2.12. The number of hydrogen-bond donors (Lipinski definition) is 0. The van der Waals surface area contributed by atoms with Gasteiger partial charge in [0.1, 0.15) is 11.9 Å². The van der Waals surface area contributed by atoms with Crippen molar-refractivity contribution in [1.82, 2.24) is 9.88 Å². The third-order valence-corrected chi connectivity index (χ3v) is 2.75.